The summed E-state index contributed by atoms with van der Waals surface area (Å²) in [6.45, 7) is 0.0845. The van der Waals surface area contributed by atoms with Crippen molar-refractivity contribution in [2.75, 3.05) is 6.61 Å². The van der Waals surface area contributed by atoms with E-state index in [0.717, 1.165) is 0 Å². The zero-order chi connectivity index (χ0) is 16.4. The van der Waals surface area contributed by atoms with Crippen LogP contribution in [0.2, 0.25) is 10.0 Å². The number of nitrogens with zero attached hydrogens (tertiary/aromatic N) is 2. The lowest BCUT2D eigenvalue weighted by Gasteiger charge is -2.14. The molecule has 0 aliphatic heterocycles. The number of hydrogen-bond acceptors (Lipinski definition) is 5. The molecule has 0 radical (unpaired) electrons. The summed E-state index contributed by atoms with van der Waals surface area (Å²) in [7, 11) is 0. The van der Waals surface area contributed by atoms with Gasteiger partial charge in [0.05, 0.1) is 23.4 Å². The number of aliphatic hydroxyl groups excluding tert-OH is 1. The first-order valence-electron chi connectivity index (χ1n) is 6.73. The Morgan fingerprint density at radius 2 is 2.17 bits per heavy atom. The number of benzene rings is 1. The van der Waals surface area contributed by atoms with Gasteiger partial charge in [-0.15, -0.1) is 11.3 Å². The Balaban J connectivity index is 1.67. The van der Waals surface area contributed by atoms with Gasteiger partial charge in [0, 0.05) is 5.02 Å². The van der Waals surface area contributed by atoms with E-state index >= 15 is 0 Å². The molecular formula is C15H12Cl2N2O3S. The lowest BCUT2D eigenvalue weighted by Crippen LogP contribution is -2.30. The monoisotopic (exact) mass is 370 g/mol. The lowest BCUT2D eigenvalue weighted by molar-refractivity contribution is 0.0915. The van der Waals surface area contributed by atoms with Crippen molar-refractivity contribution in [2.45, 2.75) is 12.6 Å². The predicted octanol–water partition coefficient (Wildman–Crippen LogP) is 3.20. The summed E-state index contributed by atoms with van der Waals surface area (Å²) in [5.41, 5.74) is 0.489. The number of aliphatic hydroxyl groups is 1. The van der Waals surface area contributed by atoms with E-state index in [1.54, 1.807) is 24.3 Å². The molecule has 0 aliphatic carbocycles. The average molecular weight is 371 g/mol. The molecule has 0 aliphatic rings. The molecule has 23 heavy (non-hydrogen) atoms. The average Bonchev–Trinajstić information content (AvgIpc) is 2.98. The third-order valence-corrected chi connectivity index (χ3v) is 4.59. The van der Waals surface area contributed by atoms with Gasteiger partial charge >= 0.3 is 0 Å². The van der Waals surface area contributed by atoms with Crippen LogP contribution in [0.4, 0.5) is 0 Å². The summed E-state index contributed by atoms with van der Waals surface area (Å²) in [5.74, 6) is 0.425. The van der Waals surface area contributed by atoms with Gasteiger partial charge in [0.2, 0.25) is 0 Å². The van der Waals surface area contributed by atoms with Crippen LogP contribution >= 0.6 is 34.5 Å². The molecule has 1 N–H and O–H groups in total. The van der Waals surface area contributed by atoms with Crippen LogP contribution in [0.15, 0.2) is 40.8 Å². The van der Waals surface area contributed by atoms with E-state index in [9.17, 15) is 9.90 Å². The molecule has 5 nitrogen and oxygen atoms in total. The SMILES string of the molecule is O=c1c2sccc2ncn1CC(O)COc1ccc(Cl)cc1Cl. The number of halogens is 2. The molecule has 1 aromatic carbocycles. The van der Waals surface area contributed by atoms with Gasteiger partial charge in [0.1, 0.15) is 23.2 Å². The molecule has 3 rings (SSSR count). The van der Waals surface area contributed by atoms with E-state index < -0.39 is 6.10 Å². The Bertz CT molecular complexity index is 894. The molecule has 3 aromatic rings. The van der Waals surface area contributed by atoms with Crippen molar-refractivity contribution in [3.8, 4) is 5.75 Å². The van der Waals surface area contributed by atoms with Gasteiger partial charge in [-0.3, -0.25) is 9.36 Å². The molecule has 0 amide bonds. The zero-order valence-corrected chi connectivity index (χ0v) is 14.1. The number of aromatic nitrogens is 2. The van der Waals surface area contributed by atoms with Gasteiger partial charge in [0.15, 0.2) is 0 Å². The Labute approximate surface area is 145 Å². The van der Waals surface area contributed by atoms with Gasteiger partial charge in [-0.1, -0.05) is 23.2 Å². The van der Waals surface area contributed by atoms with Crippen molar-refractivity contribution in [1.29, 1.82) is 0 Å². The fraction of sp³-hybridized carbons (Fsp3) is 0.200. The molecular weight excluding hydrogens is 359 g/mol. The van der Waals surface area contributed by atoms with Crippen molar-refractivity contribution in [3.63, 3.8) is 0 Å². The highest BCUT2D eigenvalue weighted by molar-refractivity contribution is 7.17. The van der Waals surface area contributed by atoms with E-state index in [2.05, 4.69) is 4.98 Å². The molecule has 0 saturated heterocycles. The first-order chi connectivity index (χ1) is 11.0. The first-order valence-corrected chi connectivity index (χ1v) is 8.36. The second kappa shape index (κ2) is 6.88. The minimum atomic E-state index is -0.876. The van der Waals surface area contributed by atoms with Crippen LogP contribution in [0, 0.1) is 0 Å². The third kappa shape index (κ3) is 3.67. The molecule has 0 spiro atoms. The van der Waals surface area contributed by atoms with Crippen LogP contribution in [-0.2, 0) is 6.54 Å². The van der Waals surface area contributed by atoms with Gasteiger partial charge < -0.3 is 9.84 Å². The maximum atomic E-state index is 12.2. The summed E-state index contributed by atoms with van der Waals surface area (Å²) < 4.78 is 7.41. The molecule has 0 fully saturated rings. The lowest BCUT2D eigenvalue weighted by atomic mass is 10.3. The normalized spacial score (nSPS) is 12.5. The van der Waals surface area contributed by atoms with Gasteiger partial charge in [0.25, 0.3) is 5.56 Å². The Kier molecular flexibility index (Phi) is 4.87. The van der Waals surface area contributed by atoms with Crippen LogP contribution in [0.5, 0.6) is 5.75 Å². The van der Waals surface area contributed by atoms with Crippen molar-refractivity contribution in [2.24, 2.45) is 0 Å². The quantitative estimate of drug-likeness (QED) is 0.748. The minimum Gasteiger partial charge on any atom is -0.489 e. The molecule has 2 heterocycles. The number of rotatable bonds is 5. The Morgan fingerprint density at radius 1 is 1.35 bits per heavy atom. The summed E-state index contributed by atoms with van der Waals surface area (Å²) >= 11 is 13.1. The number of ether oxygens (including phenoxy) is 1. The molecule has 0 bridgehead atoms. The van der Waals surface area contributed by atoms with Gasteiger partial charge in [-0.05, 0) is 29.6 Å². The van der Waals surface area contributed by atoms with Crippen molar-refractivity contribution in [1.82, 2.24) is 9.55 Å². The molecule has 8 heteroatoms. The second-order valence-electron chi connectivity index (χ2n) is 4.88. The third-order valence-electron chi connectivity index (χ3n) is 3.17. The van der Waals surface area contributed by atoms with Crippen LogP contribution in [0.25, 0.3) is 10.2 Å². The maximum absolute atomic E-state index is 12.2. The van der Waals surface area contributed by atoms with E-state index in [1.807, 2.05) is 5.38 Å². The fourth-order valence-corrected chi connectivity index (χ4v) is 3.32. The molecule has 2 aromatic heterocycles. The minimum absolute atomic E-state index is 0.00370. The highest BCUT2D eigenvalue weighted by Gasteiger charge is 2.12. The standard InChI is InChI=1S/C15H12Cl2N2O3S/c16-9-1-2-13(11(17)5-9)22-7-10(20)6-19-8-18-12-3-4-23-14(12)15(19)21/h1-5,8,10,20H,6-7H2. The summed E-state index contributed by atoms with van der Waals surface area (Å²) in [4.78, 5) is 16.4. The van der Waals surface area contributed by atoms with Crippen molar-refractivity contribution < 1.29 is 9.84 Å². The van der Waals surface area contributed by atoms with Gasteiger partial charge in [-0.25, -0.2) is 4.98 Å². The highest BCUT2D eigenvalue weighted by Crippen LogP contribution is 2.27. The highest BCUT2D eigenvalue weighted by atomic mass is 35.5. The van der Waals surface area contributed by atoms with E-state index in [0.29, 0.717) is 26.0 Å². The largest absolute Gasteiger partial charge is 0.489 e. The first kappa shape index (κ1) is 16.3. The molecule has 0 saturated carbocycles. The van der Waals surface area contributed by atoms with Crippen molar-refractivity contribution >= 4 is 44.8 Å². The summed E-state index contributed by atoms with van der Waals surface area (Å²) in [5, 5.41) is 12.8. The summed E-state index contributed by atoms with van der Waals surface area (Å²) in [6.07, 6.45) is 0.550. The van der Waals surface area contributed by atoms with Crippen LogP contribution in [-0.4, -0.2) is 27.4 Å². The fourth-order valence-electron chi connectivity index (χ4n) is 2.07. The summed E-state index contributed by atoms with van der Waals surface area (Å²) in [6, 6.07) is 6.62. The predicted molar refractivity (Wildman–Crippen MR) is 91.8 cm³/mol. The maximum Gasteiger partial charge on any atom is 0.271 e. The van der Waals surface area contributed by atoms with E-state index in [-0.39, 0.29) is 18.7 Å². The Hall–Kier alpha value is -1.60. The molecule has 120 valence electrons. The smallest absolute Gasteiger partial charge is 0.271 e. The number of hydrogen-bond donors (Lipinski definition) is 1. The van der Waals surface area contributed by atoms with E-state index in [1.165, 1.54) is 22.2 Å². The topological polar surface area (TPSA) is 64.4 Å². The van der Waals surface area contributed by atoms with Crippen LogP contribution in [0.3, 0.4) is 0 Å². The second-order valence-corrected chi connectivity index (χ2v) is 6.64. The zero-order valence-electron chi connectivity index (χ0n) is 11.8. The van der Waals surface area contributed by atoms with Gasteiger partial charge in [-0.2, -0.15) is 0 Å². The molecule has 1 atom stereocenters. The van der Waals surface area contributed by atoms with Crippen molar-refractivity contribution in [3.05, 3.63) is 56.4 Å². The number of fused-ring (bicyclic) bond motifs is 1. The van der Waals surface area contributed by atoms with Crippen LogP contribution in [0.1, 0.15) is 0 Å². The number of thiophene rings is 1. The Morgan fingerprint density at radius 3 is 2.96 bits per heavy atom. The molecule has 1 unspecified atom stereocenters. The van der Waals surface area contributed by atoms with E-state index in [4.69, 9.17) is 27.9 Å². The van der Waals surface area contributed by atoms with Crippen LogP contribution < -0.4 is 10.3 Å².